The van der Waals surface area contributed by atoms with Crippen molar-refractivity contribution in [3.8, 4) is 0 Å². The van der Waals surface area contributed by atoms with Gasteiger partial charge in [0.05, 0.1) is 5.75 Å². The first kappa shape index (κ1) is 14.2. The van der Waals surface area contributed by atoms with Crippen LogP contribution in [0.15, 0.2) is 23.5 Å². The topological polar surface area (TPSA) is 68.0 Å². The summed E-state index contributed by atoms with van der Waals surface area (Å²) in [6, 6.07) is 3.15. The maximum atomic E-state index is 13.4. The smallest absolute Gasteiger partial charge is 0.412 e. The van der Waals surface area contributed by atoms with E-state index >= 15 is 0 Å². The summed E-state index contributed by atoms with van der Waals surface area (Å²) in [5.41, 5.74) is -1.53. The summed E-state index contributed by atoms with van der Waals surface area (Å²) >= 11 is 0.776. The Bertz CT molecular complexity index is 709. The van der Waals surface area contributed by atoms with Crippen molar-refractivity contribution in [1.82, 2.24) is 14.5 Å². The van der Waals surface area contributed by atoms with Gasteiger partial charge in [0.1, 0.15) is 11.1 Å². The molecule has 0 atom stereocenters. The van der Waals surface area contributed by atoms with Gasteiger partial charge in [-0.1, -0.05) is 11.8 Å². The monoisotopic (exact) mass is 317 g/mol. The molecule has 112 valence electrons. The fraction of sp³-hybridized carbons (Fsp3) is 0.417. The molecule has 1 N–H and O–H groups in total. The van der Waals surface area contributed by atoms with Crippen LogP contribution >= 0.6 is 11.8 Å². The van der Waals surface area contributed by atoms with Gasteiger partial charge in [-0.05, 0) is 25.0 Å². The highest BCUT2D eigenvalue weighted by molar-refractivity contribution is 7.99. The van der Waals surface area contributed by atoms with Gasteiger partial charge in [-0.25, -0.2) is 9.97 Å². The lowest BCUT2D eigenvalue weighted by atomic mass is 10.2. The van der Waals surface area contributed by atoms with E-state index in [0.29, 0.717) is 5.52 Å². The number of thioether (sulfide) groups is 1. The molecule has 0 aromatic carbocycles. The van der Waals surface area contributed by atoms with Crippen LogP contribution < -0.4 is 0 Å². The number of hydrogen-bond acceptors (Lipinski definition) is 4. The van der Waals surface area contributed by atoms with Crippen LogP contribution in [-0.2, 0) is 10.3 Å². The van der Waals surface area contributed by atoms with E-state index in [2.05, 4.69) is 9.97 Å². The van der Waals surface area contributed by atoms with E-state index < -0.39 is 17.7 Å². The minimum Gasteiger partial charge on any atom is -0.481 e. The third-order valence-corrected chi connectivity index (χ3v) is 4.31. The molecule has 0 saturated heterocycles. The summed E-state index contributed by atoms with van der Waals surface area (Å²) in [6.07, 6.45) is -3.10. The van der Waals surface area contributed by atoms with E-state index in [1.165, 1.54) is 6.20 Å². The molecule has 5 nitrogen and oxygen atoms in total. The second kappa shape index (κ2) is 4.62. The Morgan fingerprint density at radius 3 is 2.76 bits per heavy atom. The van der Waals surface area contributed by atoms with E-state index in [4.69, 9.17) is 5.11 Å². The number of alkyl halides is 3. The first-order chi connectivity index (χ1) is 9.85. The largest absolute Gasteiger partial charge is 0.481 e. The summed E-state index contributed by atoms with van der Waals surface area (Å²) < 4.78 is 41.1. The second-order valence-corrected chi connectivity index (χ2v) is 5.73. The summed E-state index contributed by atoms with van der Waals surface area (Å²) in [5, 5.41) is 8.77. The number of carboxylic acid groups (broad SMARTS) is 1. The molecule has 0 spiro atoms. The number of rotatable bonds is 4. The minimum atomic E-state index is -4.42. The highest BCUT2D eigenvalue weighted by Crippen LogP contribution is 2.57. The number of imidazole rings is 1. The SMILES string of the molecule is O=C(O)CSc1nc2cccnc2n1C1(C(F)(F)F)CC1. The van der Waals surface area contributed by atoms with Gasteiger partial charge in [-0.15, -0.1) is 0 Å². The molecule has 1 fully saturated rings. The van der Waals surface area contributed by atoms with Crippen molar-refractivity contribution in [3.05, 3.63) is 18.3 Å². The van der Waals surface area contributed by atoms with Crippen LogP contribution in [0.3, 0.4) is 0 Å². The van der Waals surface area contributed by atoms with Gasteiger partial charge in [0, 0.05) is 6.20 Å². The van der Waals surface area contributed by atoms with Gasteiger partial charge in [0.15, 0.2) is 10.8 Å². The molecule has 0 radical (unpaired) electrons. The Morgan fingerprint density at radius 2 is 2.19 bits per heavy atom. The first-order valence-electron chi connectivity index (χ1n) is 6.10. The standard InChI is InChI=1S/C12H10F3N3O2S/c13-12(14,15)11(3-4-11)18-9-7(2-1-5-16-9)17-10(18)21-6-8(19)20/h1-2,5H,3-4,6H2,(H,19,20). The molecule has 21 heavy (non-hydrogen) atoms. The van der Waals surface area contributed by atoms with Crippen molar-refractivity contribution in [3.63, 3.8) is 0 Å². The number of fused-ring (bicyclic) bond motifs is 1. The first-order valence-corrected chi connectivity index (χ1v) is 7.09. The van der Waals surface area contributed by atoms with E-state index in [-0.39, 0.29) is 29.4 Å². The Morgan fingerprint density at radius 1 is 1.48 bits per heavy atom. The van der Waals surface area contributed by atoms with Crippen LogP contribution in [-0.4, -0.2) is 37.5 Å². The highest BCUT2D eigenvalue weighted by atomic mass is 32.2. The fourth-order valence-corrected chi connectivity index (χ4v) is 3.06. The highest BCUT2D eigenvalue weighted by Gasteiger charge is 2.66. The van der Waals surface area contributed by atoms with Gasteiger partial charge in [0.25, 0.3) is 0 Å². The molecular weight excluding hydrogens is 307 g/mol. The summed E-state index contributed by atoms with van der Waals surface area (Å²) in [5.74, 6) is -1.46. The molecule has 1 saturated carbocycles. The third kappa shape index (κ3) is 2.25. The number of hydrogen-bond donors (Lipinski definition) is 1. The molecule has 1 aliphatic carbocycles. The second-order valence-electron chi connectivity index (χ2n) is 4.79. The molecule has 2 heterocycles. The summed E-state index contributed by atoms with van der Waals surface area (Å²) in [7, 11) is 0. The molecule has 0 bridgehead atoms. The molecule has 0 aliphatic heterocycles. The van der Waals surface area contributed by atoms with Crippen LogP contribution in [0.25, 0.3) is 11.2 Å². The van der Waals surface area contributed by atoms with Crippen molar-refractivity contribution in [2.75, 3.05) is 5.75 Å². The van der Waals surface area contributed by atoms with Crippen molar-refractivity contribution >= 4 is 28.9 Å². The van der Waals surface area contributed by atoms with Crippen LogP contribution in [0, 0.1) is 0 Å². The average Bonchev–Trinajstić information content (AvgIpc) is 3.12. The summed E-state index contributed by atoms with van der Waals surface area (Å²) in [6.45, 7) is 0. The molecule has 9 heteroatoms. The van der Waals surface area contributed by atoms with Crippen molar-refractivity contribution in [2.24, 2.45) is 0 Å². The number of aromatic nitrogens is 3. The van der Waals surface area contributed by atoms with Gasteiger partial charge in [-0.3, -0.25) is 9.36 Å². The molecule has 1 aliphatic rings. The Hall–Kier alpha value is -1.77. The maximum absolute atomic E-state index is 13.4. The number of aliphatic carboxylic acids is 1. The van der Waals surface area contributed by atoms with Crippen LogP contribution in [0.5, 0.6) is 0 Å². The predicted octanol–water partition coefficient (Wildman–Crippen LogP) is 2.66. The lowest BCUT2D eigenvalue weighted by Crippen LogP contribution is -2.35. The number of pyridine rings is 1. The Kier molecular flexibility index (Phi) is 3.12. The molecule has 0 unspecified atom stereocenters. The zero-order valence-electron chi connectivity index (χ0n) is 10.6. The number of nitrogens with zero attached hydrogens (tertiary/aromatic N) is 3. The van der Waals surface area contributed by atoms with Crippen molar-refractivity contribution in [2.45, 2.75) is 29.7 Å². The quantitative estimate of drug-likeness (QED) is 0.878. The van der Waals surface area contributed by atoms with Crippen LogP contribution in [0.1, 0.15) is 12.8 Å². The molecular formula is C12H10F3N3O2S. The summed E-state index contributed by atoms with van der Waals surface area (Å²) in [4.78, 5) is 18.8. The number of carboxylic acids is 1. The Labute approximate surface area is 121 Å². The van der Waals surface area contributed by atoms with E-state index in [1.807, 2.05) is 0 Å². The minimum absolute atomic E-state index is 0.0425. The number of carbonyl (C=O) groups is 1. The lowest BCUT2D eigenvalue weighted by Gasteiger charge is -2.22. The Balaban J connectivity index is 2.15. The zero-order valence-corrected chi connectivity index (χ0v) is 11.4. The maximum Gasteiger partial charge on any atom is 0.412 e. The molecule has 2 aromatic heterocycles. The third-order valence-electron chi connectivity index (χ3n) is 3.39. The van der Waals surface area contributed by atoms with Crippen molar-refractivity contribution < 1.29 is 23.1 Å². The van der Waals surface area contributed by atoms with Crippen LogP contribution in [0.2, 0.25) is 0 Å². The number of halogens is 3. The van der Waals surface area contributed by atoms with Gasteiger partial charge in [0.2, 0.25) is 0 Å². The average molecular weight is 317 g/mol. The molecule has 2 aromatic rings. The van der Waals surface area contributed by atoms with Crippen LogP contribution in [0.4, 0.5) is 13.2 Å². The van der Waals surface area contributed by atoms with E-state index in [1.54, 1.807) is 12.1 Å². The fourth-order valence-electron chi connectivity index (χ4n) is 2.25. The van der Waals surface area contributed by atoms with E-state index in [0.717, 1.165) is 16.3 Å². The van der Waals surface area contributed by atoms with E-state index in [9.17, 15) is 18.0 Å². The lowest BCUT2D eigenvalue weighted by molar-refractivity contribution is -0.180. The molecule has 0 amide bonds. The van der Waals surface area contributed by atoms with Gasteiger partial charge in [-0.2, -0.15) is 13.2 Å². The van der Waals surface area contributed by atoms with Gasteiger partial charge >= 0.3 is 12.1 Å². The van der Waals surface area contributed by atoms with Gasteiger partial charge < -0.3 is 5.11 Å². The zero-order chi connectivity index (χ0) is 15.3. The molecule has 3 rings (SSSR count). The predicted molar refractivity (Wildman–Crippen MR) is 69.2 cm³/mol. The van der Waals surface area contributed by atoms with Crippen molar-refractivity contribution in [1.29, 1.82) is 0 Å². The normalized spacial score (nSPS) is 17.1.